The van der Waals surface area contributed by atoms with Gasteiger partial charge in [0.2, 0.25) is 6.10 Å². The van der Waals surface area contributed by atoms with E-state index in [0.717, 1.165) is 5.56 Å². The van der Waals surface area contributed by atoms with Crippen molar-refractivity contribution >= 4 is 5.91 Å². The summed E-state index contributed by atoms with van der Waals surface area (Å²) in [7, 11) is 0. The Morgan fingerprint density at radius 2 is 1.68 bits per heavy atom. The van der Waals surface area contributed by atoms with Crippen molar-refractivity contribution in [2.45, 2.75) is 25.5 Å². The summed E-state index contributed by atoms with van der Waals surface area (Å²) in [5.41, 5.74) is 0.775. The Hall–Kier alpha value is -2.33. The fraction of sp³-hybridized carbons (Fsp3) is 0.278. The molecule has 4 nitrogen and oxygen atoms in total. The van der Waals surface area contributed by atoms with Crippen LogP contribution < -0.4 is 10.1 Å². The highest BCUT2D eigenvalue weighted by Gasteiger charge is 2.24. The molecule has 0 aliphatic heterocycles. The quantitative estimate of drug-likeness (QED) is 0.826. The summed E-state index contributed by atoms with van der Waals surface area (Å²) in [6, 6.07) is 18.3. The van der Waals surface area contributed by atoms with Gasteiger partial charge in [0.25, 0.3) is 5.91 Å². The van der Waals surface area contributed by atoms with Crippen LogP contribution in [0.5, 0.6) is 5.75 Å². The topological polar surface area (TPSA) is 58.6 Å². The summed E-state index contributed by atoms with van der Waals surface area (Å²) < 4.78 is 5.86. The van der Waals surface area contributed by atoms with Crippen molar-refractivity contribution in [1.82, 2.24) is 5.32 Å². The predicted molar refractivity (Wildman–Crippen MR) is 85.6 cm³/mol. The van der Waals surface area contributed by atoms with Crippen LogP contribution in [0.4, 0.5) is 0 Å². The number of ether oxygens (including phenoxy) is 1. The van der Waals surface area contributed by atoms with Crippen LogP contribution in [0, 0.1) is 0 Å². The van der Waals surface area contributed by atoms with E-state index in [2.05, 4.69) is 5.32 Å². The SMILES string of the molecule is CCC(CO)NC(=O)C(Oc1ccccc1)c1ccccc1. The first-order valence-electron chi connectivity index (χ1n) is 7.42. The molecule has 0 saturated carbocycles. The molecule has 0 aliphatic rings. The van der Waals surface area contributed by atoms with Gasteiger partial charge in [-0.3, -0.25) is 4.79 Å². The second kappa shape index (κ2) is 8.20. The number of hydrogen-bond acceptors (Lipinski definition) is 3. The van der Waals surface area contributed by atoms with Gasteiger partial charge in [0, 0.05) is 5.56 Å². The monoisotopic (exact) mass is 299 g/mol. The summed E-state index contributed by atoms with van der Waals surface area (Å²) in [6.45, 7) is 1.83. The zero-order valence-electron chi connectivity index (χ0n) is 12.6. The van der Waals surface area contributed by atoms with E-state index >= 15 is 0 Å². The van der Waals surface area contributed by atoms with Gasteiger partial charge in [-0.05, 0) is 18.6 Å². The fourth-order valence-electron chi connectivity index (χ4n) is 2.09. The van der Waals surface area contributed by atoms with Gasteiger partial charge in [-0.25, -0.2) is 0 Å². The molecule has 2 unspecified atom stereocenters. The highest BCUT2D eigenvalue weighted by atomic mass is 16.5. The number of rotatable bonds is 7. The minimum absolute atomic E-state index is 0.0882. The Balaban J connectivity index is 2.20. The number of hydrogen-bond donors (Lipinski definition) is 2. The van der Waals surface area contributed by atoms with Crippen molar-refractivity contribution in [3.63, 3.8) is 0 Å². The number of aliphatic hydroxyl groups excluding tert-OH is 1. The summed E-state index contributed by atoms with van der Waals surface area (Å²) in [5.74, 6) is 0.375. The second-order valence-corrected chi connectivity index (χ2v) is 5.02. The van der Waals surface area contributed by atoms with Gasteiger partial charge in [0.15, 0.2) is 0 Å². The Kier molecular flexibility index (Phi) is 5.98. The minimum atomic E-state index is -0.746. The first kappa shape index (κ1) is 16.0. The van der Waals surface area contributed by atoms with Crippen LogP contribution in [0.3, 0.4) is 0 Å². The largest absolute Gasteiger partial charge is 0.476 e. The van der Waals surface area contributed by atoms with Gasteiger partial charge in [-0.2, -0.15) is 0 Å². The number of aliphatic hydroxyl groups is 1. The molecule has 2 atom stereocenters. The van der Waals surface area contributed by atoms with Crippen molar-refractivity contribution in [2.75, 3.05) is 6.61 Å². The van der Waals surface area contributed by atoms with Gasteiger partial charge < -0.3 is 15.2 Å². The van der Waals surface area contributed by atoms with Crippen molar-refractivity contribution in [3.8, 4) is 5.75 Å². The van der Waals surface area contributed by atoms with Gasteiger partial charge in [0.05, 0.1) is 12.6 Å². The third kappa shape index (κ3) is 4.33. The molecule has 0 fully saturated rings. The molecule has 2 aromatic rings. The first-order valence-corrected chi connectivity index (χ1v) is 7.42. The van der Waals surface area contributed by atoms with E-state index < -0.39 is 6.10 Å². The molecule has 22 heavy (non-hydrogen) atoms. The lowest BCUT2D eigenvalue weighted by Gasteiger charge is -2.22. The summed E-state index contributed by atoms with van der Waals surface area (Å²) >= 11 is 0. The Bertz CT molecular complexity index is 567. The third-order valence-corrected chi connectivity index (χ3v) is 3.40. The van der Waals surface area contributed by atoms with Crippen LogP contribution in [-0.4, -0.2) is 23.7 Å². The van der Waals surface area contributed by atoms with Gasteiger partial charge in [0.1, 0.15) is 5.75 Å². The molecule has 4 heteroatoms. The molecule has 0 saturated heterocycles. The molecule has 0 aliphatic carbocycles. The van der Waals surface area contributed by atoms with Crippen molar-refractivity contribution in [1.29, 1.82) is 0 Å². The van der Waals surface area contributed by atoms with E-state index in [1.54, 1.807) is 0 Å². The molecule has 1 amide bonds. The molecule has 2 rings (SSSR count). The van der Waals surface area contributed by atoms with Crippen LogP contribution in [0.25, 0.3) is 0 Å². The standard InChI is InChI=1S/C18H21NO3/c1-2-15(13-20)19-18(21)17(14-9-5-3-6-10-14)22-16-11-7-4-8-12-16/h3-12,15,17,20H,2,13H2,1H3,(H,19,21). The number of nitrogens with one attached hydrogen (secondary N) is 1. The average molecular weight is 299 g/mol. The second-order valence-electron chi connectivity index (χ2n) is 5.02. The van der Waals surface area contributed by atoms with Crippen LogP contribution in [0.2, 0.25) is 0 Å². The number of para-hydroxylation sites is 1. The lowest BCUT2D eigenvalue weighted by Crippen LogP contribution is -2.41. The molecular weight excluding hydrogens is 278 g/mol. The van der Waals surface area contributed by atoms with E-state index in [-0.39, 0.29) is 18.6 Å². The Morgan fingerprint density at radius 3 is 2.23 bits per heavy atom. The van der Waals surface area contributed by atoms with E-state index in [1.165, 1.54) is 0 Å². The molecule has 0 radical (unpaired) electrons. The maximum atomic E-state index is 12.5. The number of carbonyl (C=O) groups is 1. The molecule has 2 N–H and O–H groups in total. The minimum Gasteiger partial charge on any atom is -0.476 e. The van der Waals surface area contributed by atoms with Gasteiger partial charge >= 0.3 is 0 Å². The van der Waals surface area contributed by atoms with E-state index in [0.29, 0.717) is 12.2 Å². The van der Waals surface area contributed by atoms with Crippen LogP contribution in [-0.2, 0) is 4.79 Å². The summed E-state index contributed by atoms with van der Waals surface area (Å²) in [4.78, 5) is 12.5. The van der Waals surface area contributed by atoms with E-state index in [9.17, 15) is 9.90 Å². The van der Waals surface area contributed by atoms with Crippen LogP contribution in [0.1, 0.15) is 25.0 Å². The van der Waals surface area contributed by atoms with E-state index in [4.69, 9.17) is 4.74 Å². The number of amides is 1. The molecule has 116 valence electrons. The van der Waals surface area contributed by atoms with Crippen LogP contribution in [0.15, 0.2) is 60.7 Å². The predicted octanol–water partition coefficient (Wildman–Crippen LogP) is 2.69. The van der Waals surface area contributed by atoms with Crippen molar-refractivity contribution < 1.29 is 14.6 Å². The number of carbonyl (C=O) groups excluding carboxylic acids is 1. The molecule has 0 aromatic heterocycles. The number of benzene rings is 2. The fourth-order valence-corrected chi connectivity index (χ4v) is 2.09. The van der Waals surface area contributed by atoms with Crippen molar-refractivity contribution in [2.24, 2.45) is 0 Å². The first-order chi connectivity index (χ1) is 10.7. The van der Waals surface area contributed by atoms with E-state index in [1.807, 2.05) is 67.6 Å². The van der Waals surface area contributed by atoms with Gasteiger partial charge in [-0.1, -0.05) is 55.5 Å². The maximum absolute atomic E-state index is 12.5. The van der Waals surface area contributed by atoms with Gasteiger partial charge in [-0.15, -0.1) is 0 Å². The molecular formula is C18H21NO3. The summed E-state index contributed by atoms with van der Waals surface area (Å²) in [5, 5.41) is 12.1. The Morgan fingerprint density at radius 1 is 1.09 bits per heavy atom. The average Bonchev–Trinajstić information content (AvgIpc) is 2.59. The summed E-state index contributed by atoms with van der Waals surface area (Å²) in [6.07, 6.45) is -0.0843. The Labute approximate surface area is 130 Å². The van der Waals surface area contributed by atoms with Crippen LogP contribution >= 0.6 is 0 Å². The lowest BCUT2D eigenvalue weighted by atomic mass is 10.1. The maximum Gasteiger partial charge on any atom is 0.266 e. The van der Waals surface area contributed by atoms with Crippen molar-refractivity contribution in [3.05, 3.63) is 66.2 Å². The zero-order valence-corrected chi connectivity index (χ0v) is 12.6. The highest BCUT2D eigenvalue weighted by molar-refractivity contribution is 5.82. The molecule has 0 spiro atoms. The lowest BCUT2D eigenvalue weighted by molar-refractivity contribution is -0.129. The third-order valence-electron chi connectivity index (χ3n) is 3.40. The zero-order chi connectivity index (χ0) is 15.8. The molecule has 2 aromatic carbocycles. The smallest absolute Gasteiger partial charge is 0.266 e. The normalized spacial score (nSPS) is 13.2. The molecule has 0 heterocycles. The highest BCUT2D eigenvalue weighted by Crippen LogP contribution is 2.22. The molecule has 0 bridgehead atoms.